The summed E-state index contributed by atoms with van der Waals surface area (Å²) in [5.74, 6) is -0.582. The number of aromatic amines is 1. The van der Waals surface area contributed by atoms with Crippen LogP contribution in [0.25, 0.3) is 10.9 Å². The smallest absolute Gasteiger partial charge is 0.227 e. The quantitative estimate of drug-likeness (QED) is 0.799. The number of fused-ring (bicyclic) bond motifs is 1. The van der Waals surface area contributed by atoms with Crippen LogP contribution in [0.15, 0.2) is 18.2 Å². The van der Waals surface area contributed by atoms with Gasteiger partial charge in [0.25, 0.3) is 0 Å². The molecule has 0 bridgehead atoms. The van der Waals surface area contributed by atoms with Crippen LogP contribution in [0.3, 0.4) is 0 Å². The predicted molar refractivity (Wildman–Crippen MR) is 84.5 cm³/mol. The first-order chi connectivity index (χ1) is 11.0. The molecule has 1 aliphatic rings. The zero-order valence-corrected chi connectivity index (χ0v) is 13.1. The lowest BCUT2D eigenvalue weighted by molar-refractivity contribution is -0.135. The van der Waals surface area contributed by atoms with E-state index in [1.165, 1.54) is 12.1 Å². The van der Waals surface area contributed by atoms with Crippen LogP contribution in [0.4, 0.5) is 4.39 Å². The molecular formula is C17H21FN2O3. The van der Waals surface area contributed by atoms with E-state index < -0.39 is 6.10 Å². The Morgan fingerprint density at radius 1 is 1.48 bits per heavy atom. The fourth-order valence-corrected chi connectivity index (χ4v) is 3.27. The lowest BCUT2D eigenvalue weighted by Gasteiger charge is -2.35. The Balaban J connectivity index is 1.78. The van der Waals surface area contributed by atoms with Gasteiger partial charge in [-0.2, -0.15) is 0 Å². The summed E-state index contributed by atoms with van der Waals surface area (Å²) < 4.78 is 13.5. The molecule has 1 aromatic heterocycles. The van der Waals surface area contributed by atoms with Gasteiger partial charge >= 0.3 is 0 Å². The summed E-state index contributed by atoms with van der Waals surface area (Å²) in [6.45, 7) is 2.56. The van der Waals surface area contributed by atoms with Crippen LogP contribution in [0.1, 0.15) is 17.7 Å². The van der Waals surface area contributed by atoms with E-state index in [0.717, 1.165) is 22.2 Å². The lowest BCUT2D eigenvalue weighted by Crippen LogP contribution is -2.48. The van der Waals surface area contributed by atoms with E-state index in [-0.39, 0.29) is 37.2 Å². The highest BCUT2D eigenvalue weighted by atomic mass is 19.1. The molecule has 0 saturated carbocycles. The van der Waals surface area contributed by atoms with Crippen LogP contribution in [0.5, 0.6) is 0 Å². The molecule has 0 aliphatic carbocycles. The van der Waals surface area contributed by atoms with Gasteiger partial charge < -0.3 is 20.1 Å². The minimum Gasteiger partial charge on any atom is -0.396 e. The average molecular weight is 320 g/mol. The van der Waals surface area contributed by atoms with Crippen LogP contribution < -0.4 is 0 Å². The third-order valence-corrected chi connectivity index (χ3v) is 4.72. The second kappa shape index (κ2) is 6.29. The highest BCUT2D eigenvalue weighted by molar-refractivity contribution is 5.90. The molecule has 1 aliphatic heterocycles. The molecule has 3 N–H and O–H groups in total. The molecule has 0 radical (unpaired) electrons. The minimum atomic E-state index is -0.695. The van der Waals surface area contributed by atoms with Crippen LogP contribution in [0, 0.1) is 18.7 Å². The summed E-state index contributed by atoms with van der Waals surface area (Å²) in [4.78, 5) is 17.3. The summed E-state index contributed by atoms with van der Waals surface area (Å²) in [5.41, 5.74) is 2.46. The summed E-state index contributed by atoms with van der Waals surface area (Å²) in [7, 11) is 0. The number of nitrogens with zero attached hydrogens (tertiary/aromatic N) is 1. The van der Waals surface area contributed by atoms with E-state index >= 15 is 0 Å². The molecule has 1 saturated heterocycles. The molecule has 1 amide bonds. The van der Waals surface area contributed by atoms with Crippen molar-refractivity contribution in [3.05, 3.63) is 35.3 Å². The number of H-pyrrole nitrogens is 1. The molecule has 23 heavy (non-hydrogen) atoms. The van der Waals surface area contributed by atoms with Crippen molar-refractivity contribution in [2.75, 3.05) is 19.7 Å². The number of carbonyl (C=O) groups excluding carboxylic acids is 1. The zero-order chi connectivity index (χ0) is 16.6. The number of benzene rings is 1. The molecule has 124 valence electrons. The number of carbonyl (C=O) groups is 1. The lowest BCUT2D eigenvalue weighted by atomic mass is 9.94. The molecule has 1 fully saturated rings. The number of β-amino-alcohol motifs (C(OH)–C–C–N with tert-alkyl or cyclic N) is 1. The molecule has 6 heteroatoms. The number of piperidine rings is 1. The molecule has 2 aromatic rings. The van der Waals surface area contributed by atoms with Gasteiger partial charge in [-0.05, 0) is 37.1 Å². The normalized spacial score (nSPS) is 21.8. The van der Waals surface area contributed by atoms with Crippen molar-refractivity contribution in [2.24, 2.45) is 5.92 Å². The van der Waals surface area contributed by atoms with E-state index in [1.54, 1.807) is 11.0 Å². The third kappa shape index (κ3) is 3.09. The molecular weight excluding hydrogens is 299 g/mol. The number of nitrogens with one attached hydrogen (secondary N) is 1. The van der Waals surface area contributed by atoms with Crippen molar-refractivity contribution in [1.29, 1.82) is 0 Å². The summed E-state index contributed by atoms with van der Waals surface area (Å²) in [6, 6.07) is 4.50. The van der Waals surface area contributed by atoms with Gasteiger partial charge in [0.2, 0.25) is 5.91 Å². The monoisotopic (exact) mass is 320 g/mol. The van der Waals surface area contributed by atoms with Crippen LogP contribution in [-0.4, -0.2) is 51.8 Å². The van der Waals surface area contributed by atoms with Gasteiger partial charge in [0.1, 0.15) is 5.82 Å². The van der Waals surface area contributed by atoms with Crippen molar-refractivity contribution in [1.82, 2.24) is 9.88 Å². The van der Waals surface area contributed by atoms with Crippen molar-refractivity contribution in [2.45, 2.75) is 25.9 Å². The number of halogens is 1. The van der Waals surface area contributed by atoms with Gasteiger partial charge in [0.05, 0.1) is 12.5 Å². The second-order valence-electron chi connectivity index (χ2n) is 6.23. The second-order valence-corrected chi connectivity index (χ2v) is 6.23. The zero-order valence-electron chi connectivity index (χ0n) is 13.1. The Labute approximate surface area is 133 Å². The molecule has 1 aromatic carbocycles. The highest BCUT2D eigenvalue weighted by Crippen LogP contribution is 2.25. The minimum absolute atomic E-state index is 0.0654. The Morgan fingerprint density at radius 3 is 2.96 bits per heavy atom. The predicted octanol–water partition coefficient (Wildman–Crippen LogP) is 1.36. The molecule has 2 heterocycles. The molecule has 2 atom stereocenters. The first-order valence-electron chi connectivity index (χ1n) is 7.83. The number of likely N-dealkylation sites (tertiary alicyclic amines) is 1. The molecule has 5 nitrogen and oxygen atoms in total. The van der Waals surface area contributed by atoms with Gasteiger partial charge in [-0.1, -0.05) is 0 Å². The van der Waals surface area contributed by atoms with Crippen molar-refractivity contribution in [3.63, 3.8) is 0 Å². The number of rotatable bonds is 3. The van der Waals surface area contributed by atoms with Crippen molar-refractivity contribution < 1.29 is 19.4 Å². The SMILES string of the molecule is Cc1[nH]c2ccc(F)cc2c1CC(=O)N1CC[C@H](CO)[C@H](O)C1. The van der Waals surface area contributed by atoms with E-state index in [2.05, 4.69) is 4.98 Å². The van der Waals surface area contributed by atoms with E-state index in [1.807, 2.05) is 6.92 Å². The highest BCUT2D eigenvalue weighted by Gasteiger charge is 2.30. The van der Waals surface area contributed by atoms with Gasteiger partial charge in [0.15, 0.2) is 0 Å². The first-order valence-corrected chi connectivity index (χ1v) is 7.83. The largest absolute Gasteiger partial charge is 0.396 e. The topological polar surface area (TPSA) is 76.6 Å². The number of hydrogen-bond acceptors (Lipinski definition) is 3. The Kier molecular flexibility index (Phi) is 4.37. The summed E-state index contributed by atoms with van der Waals surface area (Å²) in [5, 5.41) is 19.9. The van der Waals surface area contributed by atoms with E-state index in [0.29, 0.717) is 13.0 Å². The maximum atomic E-state index is 13.5. The average Bonchev–Trinajstić information content (AvgIpc) is 2.83. The maximum absolute atomic E-state index is 13.5. The fourth-order valence-electron chi connectivity index (χ4n) is 3.27. The van der Waals surface area contributed by atoms with Crippen molar-refractivity contribution in [3.8, 4) is 0 Å². The van der Waals surface area contributed by atoms with Crippen LogP contribution in [-0.2, 0) is 11.2 Å². The maximum Gasteiger partial charge on any atom is 0.227 e. The van der Waals surface area contributed by atoms with Gasteiger partial charge in [-0.15, -0.1) is 0 Å². The number of aromatic nitrogens is 1. The van der Waals surface area contributed by atoms with Gasteiger partial charge in [-0.3, -0.25) is 4.79 Å². The number of amides is 1. The van der Waals surface area contributed by atoms with Crippen LogP contribution in [0.2, 0.25) is 0 Å². The van der Waals surface area contributed by atoms with E-state index in [9.17, 15) is 19.4 Å². The third-order valence-electron chi connectivity index (χ3n) is 4.72. The molecule has 0 spiro atoms. The fraction of sp³-hybridized carbons (Fsp3) is 0.471. The Bertz CT molecular complexity index is 728. The van der Waals surface area contributed by atoms with Gasteiger partial charge in [-0.25, -0.2) is 4.39 Å². The number of aliphatic hydroxyl groups excluding tert-OH is 2. The number of aryl methyl sites for hydroxylation is 1. The standard InChI is InChI=1S/C17H21FN2O3/c1-10-13(14-6-12(18)2-3-15(14)19-10)7-17(23)20-5-4-11(9-21)16(22)8-20/h2-3,6,11,16,19,21-22H,4-5,7-9H2,1H3/t11-,16-/m1/s1. The van der Waals surface area contributed by atoms with Crippen molar-refractivity contribution >= 4 is 16.8 Å². The summed E-state index contributed by atoms with van der Waals surface area (Å²) >= 11 is 0. The Hall–Kier alpha value is -1.92. The van der Waals surface area contributed by atoms with E-state index in [4.69, 9.17) is 0 Å². The first kappa shape index (κ1) is 16.0. The van der Waals surface area contributed by atoms with Gasteiger partial charge in [0, 0.05) is 42.2 Å². The number of aliphatic hydroxyl groups is 2. The summed E-state index contributed by atoms with van der Waals surface area (Å²) in [6.07, 6.45) is 0.0654. The Morgan fingerprint density at radius 2 is 2.26 bits per heavy atom. The molecule has 3 rings (SSSR count). The number of hydrogen-bond donors (Lipinski definition) is 3. The molecule has 0 unspecified atom stereocenters. The van der Waals surface area contributed by atoms with Crippen LogP contribution >= 0.6 is 0 Å².